The van der Waals surface area contributed by atoms with Crippen LogP contribution in [0.15, 0.2) is 47.6 Å². The van der Waals surface area contributed by atoms with Gasteiger partial charge in [-0.1, -0.05) is 0 Å². The molecule has 0 radical (unpaired) electrons. The first kappa shape index (κ1) is 19.2. The van der Waals surface area contributed by atoms with Crippen LogP contribution in [0.3, 0.4) is 0 Å². The van der Waals surface area contributed by atoms with Gasteiger partial charge in [0, 0.05) is 29.4 Å². The molecule has 2 heterocycles. The Bertz CT molecular complexity index is 858. The molecule has 0 unspecified atom stereocenters. The van der Waals surface area contributed by atoms with Gasteiger partial charge >= 0.3 is 11.5 Å². The number of pyridine rings is 1. The Labute approximate surface area is 156 Å². The number of hydrogen-bond acceptors (Lipinski definition) is 5. The molecule has 0 aliphatic carbocycles. The number of imide groups is 1. The summed E-state index contributed by atoms with van der Waals surface area (Å²) in [5.41, 5.74) is -3.00. The molecule has 1 N–H and O–H groups in total. The number of carbonyl (C=O) groups is 2. The highest BCUT2D eigenvalue weighted by atomic mass is 32.2. The van der Waals surface area contributed by atoms with Gasteiger partial charge in [0.25, 0.3) is 5.91 Å². The minimum atomic E-state index is -4.41. The molecule has 1 aliphatic heterocycles. The van der Waals surface area contributed by atoms with Crippen molar-refractivity contribution >= 4 is 29.4 Å². The number of amides is 3. The summed E-state index contributed by atoms with van der Waals surface area (Å²) in [6.07, 6.45) is 3.00. The van der Waals surface area contributed by atoms with Crippen LogP contribution in [0.5, 0.6) is 0 Å². The highest BCUT2D eigenvalue weighted by Gasteiger charge is 2.37. The topological polar surface area (TPSA) is 73.7 Å². The standard InChI is InChI=1S/C17H14F3N3O3S/c18-17(19,20)27-14-3-1-13(2-4-14)23-15(25)9-22(16(23)26)8-11-5-6-21-7-12(11)10-24/h1-7,24H,8-10H2. The first-order valence-corrected chi connectivity index (χ1v) is 8.60. The molecular weight excluding hydrogens is 383 g/mol. The molecule has 1 saturated heterocycles. The summed E-state index contributed by atoms with van der Waals surface area (Å²) >= 11 is -0.268. The second kappa shape index (κ2) is 7.57. The van der Waals surface area contributed by atoms with Gasteiger partial charge in [0.1, 0.15) is 6.54 Å². The number of hydrogen-bond donors (Lipinski definition) is 1. The van der Waals surface area contributed by atoms with Crippen molar-refractivity contribution in [3.8, 4) is 0 Å². The summed E-state index contributed by atoms with van der Waals surface area (Å²) in [4.78, 5) is 31.0. The zero-order valence-electron chi connectivity index (χ0n) is 13.8. The number of aliphatic hydroxyl groups is 1. The Balaban J connectivity index is 1.76. The molecule has 3 amide bonds. The van der Waals surface area contributed by atoms with Crippen LogP contribution in [0.1, 0.15) is 11.1 Å². The van der Waals surface area contributed by atoms with E-state index in [2.05, 4.69) is 4.98 Å². The maximum absolute atomic E-state index is 12.6. The fraction of sp³-hybridized carbons (Fsp3) is 0.235. The van der Waals surface area contributed by atoms with Crippen LogP contribution in [-0.2, 0) is 17.9 Å². The summed E-state index contributed by atoms with van der Waals surface area (Å²) in [6.45, 7) is -0.298. The van der Waals surface area contributed by atoms with Crippen molar-refractivity contribution in [1.29, 1.82) is 0 Å². The Morgan fingerprint density at radius 3 is 2.44 bits per heavy atom. The molecular formula is C17H14F3N3O3S. The van der Waals surface area contributed by atoms with E-state index in [1.807, 2.05) is 0 Å². The van der Waals surface area contributed by atoms with Crippen molar-refractivity contribution in [3.63, 3.8) is 0 Å². The lowest BCUT2D eigenvalue weighted by atomic mass is 10.1. The predicted octanol–water partition coefficient (Wildman–Crippen LogP) is 3.15. The van der Waals surface area contributed by atoms with Crippen molar-refractivity contribution in [2.24, 2.45) is 0 Å². The summed E-state index contributed by atoms with van der Waals surface area (Å²) < 4.78 is 37.2. The molecule has 0 saturated carbocycles. The van der Waals surface area contributed by atoms with E-state index >= 15 is 0 Å². The van der Waals surface area contributed by atoms with E-state index < -0.39 is 17.4 Å². The average molecular weight is 397 g/mol. The molecule has 1 aromatic heterocycles. The summed E-state index contributed by atoms with van der Waals surface area (Å²) in [7, 11) is 0. The quantitative estimate of drug-likeness (QED) is 0.620. The van der Waals surface area contributed by atoms with Gasteiger partial charge in [0.15, 0.2) is 0 Å². The third-order valence-electron chi connectivity index (χ3n) is 3.90. The Kier molecular flexibility index (Phi) is 5.38. The molecule has 2 aromatic rings. The highest BCUT2D eigenvalue weighted by molar-refractivity contribution is 8.00. The van der Waals surface area contributed by atoms with Crippen molar-refractivity contribution < 1.29 is 27.9 Å². The molecule has 0 bridgehead atoms. The smallest absolute Gasteiger partial charge is 0.392 e. The number of carbonyl (C=O) groups excluding carboxylic acids is 2. The van der Waals surface area contributed by atoms with Gasteiger partial charge < -0.3 is 10.0 Å². The van der Waals surface area contributed by atoms with E-state index in [-0.39, 0.29) is 42.0 Å². The third kappa shape index (κ3) is 4.40. The van der Waals surface area contributed by atoms with E-state index in [4.69, 9.17) is 0 Å². The normalized spacial score (nSPS) is 15.0. The van der Waals surface area contributed by atoms with Gasteiger partial charge in [-0.15, -0.1) is 0 Å². The first-order chi connectivity index (χ1) is 12.8. The number of nitrogens with zero attached hydrogens (tertiary/aromatic N) is 3. The molecule has 0 spiro atoms. The number of alkyl halides is 3. The van der Waals surface area contributed by atoms with E-state index in [1.54, 1.807) is 6.07 Å². The number of benzene rings is 1. The molecule has 0 atom stereocenters. The lowest BCUT2D eigenvalue weighted by molar-refractivity contribution is -0.116. The predicted molar refractivity (Wildman–Crippen MR) is 91.8 cm³/mol. The number of aliphatic hydroxyl groups excluding tert-OH is 1. The lowest BCUT2D eigenvalue weighted by Crippen LogP contribution is -2.32. The number of anilines is 1. The summed E-state index contributed by atoms with van der Waals surface area (Å²) in [5.74, 6) is -0.476. The lowest BCUT2D eigenvalue weighted by Gasteiger charge is -2.18. The minimum Gasteiger partial charge on any atom is -0.392 e. The fourth-order valence-corrected chi connectivity index (χ4v) is 3.22. The van der Waals surface area contributed by atoms with E-state index in [0.29, 0.717) is 11.1 Å². The van der Waals surface area contributed by atoms with Crippen LogP contribution in [-0.4, -0.2) is 39.0 Å². The van der Waals surface area contributed by atoms with Crippen LogP contribution in [0.25, 0.3) is 0 Å². The molecule has 3 rings (SSSR count). The number of aromatic nitrogens is 1. The number of halogens is 3. The molecule has 1 fully saturated rings. The van der Waals surface area contributed by atoms with Crippen LogP contribution in [0.2, 0.25) is 0 Å². The summed E-state index contributed by atoms with van der Waals surface area (Å²) in [5, 5.41) is 9.34. The maximum Gasteiger partial charge on any atom is 0.446 e. The number of thioether (sulfide) groups is 1. The van der Waals surface area contributed by atoms with Crippen LogP contribution in [0.4, 0.5) is 23.7 Å². The Morgan fingerprint density at radius 1 is 1.11 bits per heavy atom. The van der Waals surface area contributed by atoms with Crippen LogP contribution < -0.4 is 4.90 Å². The maximum atomic E-state index is 12.6. The minimum absolute atomic E-state index is 0.0356. The second-order valence-electron chi connectivity index (χ2n) is 5.71. The van der Waals surface area contributed by atoms with Gasteiger partial charge in [-0.05, 0) is 47.7 Å². The zero-order chi connectivity index (χ0) is 19.6. The van der Waals surface area contributed by atoms with E-state index in [1.165, 1.54) is 41.6 Å². The molecule has 6 nitrogen and oxygen atoms in total. The van der Waals surface area contributed by atoms with Gasteiger partial charge in [-0.25, -0.2) is 9.69 Å². The monoisotopic (exact) mass is 397 g/mol. The van der Waals surface area contributed by atoms with Crippen LogP contribution >= 0.6 is 11.8 Å². The third-order valence-corrected chi connectivity index (χ3v) is 4.64. The summed E-state index contributed by atoms with van der Waals surface area (Å²) in [6, 6.07) is 6.11. The fourth-order valence-electron chi connectivity index (χ4n) is 2.68. The van der Waals surface area contributed by atoms with E-state index in [9.17, 15) is 27.9 Å². The van der Waals surface area contributed by atoms with Crippen molar-refractivity contribution in [1.82, 2.24) is 9.88 Å². The average Bonchev–Trinajstić information content (AvgIpc) is 2.88. The Hall–Kier alpha value is -2.59. The second-order valence-corrected chi connectivity index (χ2v) is 6.85. The molecule has 142 valence electrons. The van der Waals surface area contributed by atoms with Gasteiger partial charge in [-0.3, -0.25) is 9.78 Å². The van der Waals surface area contributed by atoms with Crippen molar-refractivity contribution in [3.05, 3.63) is 53.9 Å². The molecule has 10 heteroatoms. The largest absolute Gasteiger partial charge is 0.446 e. The molecule has 1 aromatic carbocycles. The van der Waals surface area contributed by atoms with Crippen molar-refractivity contribution in [2.45, 2.75) is 23.6 Å². The van der Waals surface area contributed by atoms with E-state index in [0.717, 1.165) is 4.90 Å². The number of rotatable bonds is 5. The highest BCUT2D eigenvalue weighted by Crippen LogP contribution is 2.37. The first-order valence-electron chi connectivity index (χ1n) is 7.79. The van der Waals surface area contributed by atoms with Crippen molar-refractivity contribution in [2.75, 3.05) is 11.4 Å². The molecule has 1 aliphatic rings. The van der Waals surface area contributed by atoms with Gasteiger partial charge in [0.05, 0.1) is 12.3 Å². The van der Waals surface area contributed by atoms with Gasteiger partial charge in [-0.2, -0.15) is 13.2 Å². The Morgan fingerprint density at radius 2 is 1.81 bits per heavy atom. The number of urea groups is 1. The SMILES string of the molecule is O=C1CN(Cc2ccncc2CO)C(=O)N1c1ccc(SC(F)(F)F)cc1. The van der Waals surface area contributed by atoms with Crippen LogP contribution in [0, 0.1) is 0 Å². The zero-order valence-corrected chi connectivity index (χ0v) is 14.6. The van der Waals surface area contributed by atoms with Gasteiger partial charge in [0.2, 0.25) is 0 Å². The molecule has 27 heavy (non-hydrogen) atoms.